The first kappa shape index (κ1) is 13.3. The zero-order chi connectivity index (χ0) is 10.5. The van der Waals surface area contributed by atoms with Crippen molar-refractivity contribution >= 4 is 12.6 Å². The molecule has 0 saturated carbocycles. The van der Waals surface area contributed by atoms with Gasteiger partial charge in [-0.15, -0.1) is 0 Å². The standard InChI is InChI=1S/C12H24N2/c1-3-5-7-9-11-14-12-13-10-8-6-4-2/h11-12H,3-10H2,1-2H3. The van der Waals surface area contributed by atoms with Gasteiger partial charge in [0.05, 0.1) is 0 Å². The van der Waals surface area contributed by atoms with E-state index in [0.717, 1.165) is 13.0 Å². The molecule has 0 radical (unpaired) electrons. The third-order valence-electron chi connectivity index (χ3n) is 2.08. The highest BCUT2D eigenvalue weighted by atomic mass is 14.8. The molecule has 0 aliphatic carbocycles. The van der Waals surface area contributed by atoms with Gasteiger partial charge in [0.2, 0.25) is 0 Å². The summed E-state index contributed by atoms with van der Waals surface area (Å²) in [6.07, 6.45) is 12.3. The zero-order valence-electron chi connectivity index (χ0n) is 9.71. The largest absolute Gasteiger partial charge is 0.274 e. The van der Waals surface area contributed by atoms with Crippen molar-refractivity contribution in [3.8, 4) is 0 Å². The number of nitrogens with zero attached hydrogens (tertiary/aromatic N) is 2. The Morgan fingerprint density at radius 2 is 1.64 bits per heavy atom. The number of rotatable bonds is 9. The van der Waals surface area contributed by atoms with Crippen molar-refractivity contribution in [1.82, 2.24) is 0 Å². The van der Waals surface area contributed by atoms with Gasteiger partial charge in [-0.05, 0) is 19.3 Å². The molecule has 2 heteroatoms. The monoisotopic (exact) mass is 196 g/mol. The van der Waals surface area contributed by atoms with Gasteiger partial charge in [-0.2, -0.15) is 0 Å². The Morgan fingerprint density at radius 3 is 2.36 bits per heavy atom. The summed E-state index contributed by atoms with van der Waals surface area (Å²) in [5.41, 5.74) is 0. The first-order valence-corrected chi connectivity index (χ1v) is 5.91. The van der Waals surface area contributed by atoms with Gasteiger partial charge in [0.25, 0.3) is 0 Å². The van der Waals surface area contributed by atoms with Crippen molar-refractivity contribution in [3.05, 3.63) is 0 Å². The summed E-state index contributed by atoms with van der Waals surface area (Å²) < 4.78 is 0. The number of hydrogen-bond donors (Lipinski definition) is 0. The molecule has 0 fully saturated rings. The predicted octanol–water partition coefficient (Wildman–Crippen LogP) is 3.86. The lowest BCUT2D eigenvalue weighted by Crippen LogP contribution is -1.82. The van der Waals surface area contributed by atoms with Crippen molar-refractivity contribution in [2.24, 2.45) is 9.98 Å². The lowest BCUT2D eigenvalue weighted by atomic mass is 10.2. The van der Waals surface area contributed by atoms with Gasteiger partial charge in [-0.3, -0.25) is 4.99 Å². The van der Waals surface area contributed by atoms with E-state index in [-0.39, 0.29) is 0 Å². The lowest BCUT2D eigenvalue weighted by Gasteiger charge is -1.91. The molecule has 82 valence electrons. The molecule has 0 aromatic carbocycles. The Morgan fingerprint density at radius 1 is 0.929 bits per heavy atom. The number of unbranched alkanes of at least 4 members (excludes halogenated alkanes) is 5. The van der Waals surface area contributed by atoms with Crippen LogP contribution in [0.15, 0.2) is 9.98 Å². The van der Waals surface area contributed by atoms with Crippen LogP contribution in [-0.2, 0) is 0 Å². The summed E-state index contributed by atoms with van der Waals surface area (Å²) in [5, 5.41) is 0. The molecule has 2 nitrogen and oxygen atoms in total. The van der Waals surface area contributed by atoms with E-state index in [2.05, 4.69) is 23.8 Å². The minimum atomic E-state index is 0.931. The fraction of sp³-hybridized carbons (Fsp3) is 0.833. The average molecular weight is 196 g/mol. The van der Waals surface area contributed by atoms with Gasteiger partial charge < -0.3 is 0 Å². The Bertz CT molecular complexity index is 132. The Balaban J connectivity index is 3.15. The van der Waals surface area contributed by atoms with Gasteiger partial charge >= 0.3 is 0 Å². The summed E-state index contributed by atoms with van der Waals surface area (Å²) in [4.78, 5) is 8.33. The van der Waals surface area contributed by atoms with Crippen LogP contribution in [0.3, 0.4) is 0 Å². The second kappa shape index (κ2) is 12.3. The second-order valence-corrected chi connectivity index (χ2v) is 3.56. The third-order valence-corrected chi connectivity index (χ3v) is 2.08. The maximum Gasteiger partial charge on any atom is 0.109 e. The quantitative estimate of drug-likeness (QED) is 0.304. The highest BCUT2D eigenvalue weighted by molar-refractivity contribution is 5.71. The third kappa shape index (κ3) is 11.3. The van der Waals surface area contributed by atoms with Gasteiger partial charge in [-0.1, -0.05) is 39.5 Å². The molecule has 0 aromatic heterocycles. The lowest BCUT2D eigenvalue weighted by molar-refractivity contribution is 0.729. The predicted molar refractivity (Wildman–Crippen MR) is 65.5 cm³/mol. The van der Waals surface area contributed by atoms with E-state index >= 15 is 0 Å². The molecule has 0 N–H and O–H groups in total. The minimum absolute atomic E-state index is 0.931. The van der Waals surface area contributed by atoms with Crippen LogP contribution < -0.4 is 0 Å². The summed E-state index contributed by atoms with van der Waals surface area (Å²) in [6, 6.07) is 0. The Hall–Kier alpha value is -0.660. The summed E-state index contributed by atoms with van der Waals surface area (Å²) >= 11 is 0. The molecule has 0 heterocycles. The summed E-state index contributed by atoms with van der Waals surface area (Å²) in [6.45, 7) is 5.35. The molecule has 0 spiro atoms. The van der Waals surface area contributed by atoms with Crippen LogP contribution >= 0.6 is 0 Å². The molecule has 0 saturated heterocycles. The van der Waals surface area contributed by atoms with Crippen LogP contribution in [0.1, 0.15) is 58.8 Å². The van der Waals surface area contributed by atoms with Crippen molar-refractivity contribution in [3.63, 3.8) is 0 Å². The first-order valence-electron chi connectivity index (χ1n) is 5.91. The van der Waals surface area contributed by atoms with Crippen LogP contribution in [0.25, 0.3) is 0 Å². The summed E-state index contributed by atoms with van der Waals surface area (Å²) in [7, 11) is 0. The van der Waals surface area contributed by atoms with Crippen LogP contribution in [0, 0.1) is 0 Å². The van der Waals surface area contributed by atoms with Gasteiger partial charge in [0, 0.05) is 12.8 Å². The van der Waals surface area contributed by atoms with Crippen molar-refractivity contribution in [1.29, 1.82) is 0 Å². The summed E-state index contributed by atoms with van der Waals surface area (Å²) in [5.74, 6) is 0. The smallest absolute Gasteiger partial charge is 0.109 e. The highest BCUT2D eigenvalue weighted by Crippen LogP contribution is 1.96. The van der Waals surface area contributed by atoms with E-state index in [0.29, 0.717) is 0 Å². The van der Waals surface area contributed by atoms with E-state index in [1.807, 2.05) is 6.21 Å². The molecule has 0 aliphatic rings. The molecule has 0 aromatic rings. The van der Waals surface area contributed by atoms with Gasteiger partial charge in [0.15, 0.2) is 0 Å². The first-order chi connectivity index (χ1) is 6.91. The molecular formula is C12H24N2. The molecular weight excluding hydrogens is 172 g/mol. The molecule has 0 unspecified atom stereocenters. The molecule has 0 bridgehead atoms. The van der Waals surface area contributed by atoms with Crippen molar-refractivity contribution in [2.75, 3.05) is 6.54 Å². The molecule has 14 heavy (non-hydrogen) atoms. The SMILES string of the molecule is CCCCCC=NC=NCCCCC. The highest BCUT2D eigenvalue weighted by Gasteiger charge is 1.82. The van der Waals surface area contributed by atoms with Crippen molar-refractivity contribution in [2.45, 2.75) is 58.8 Å². The second-order valence-electron chi connectivity index (χ2n) is 3.56. The topological polar surface area (TPSA) is 24.7 Å². The van der Waals surface area contributed by atoms with Crippen LogP contribution in [0.4, 0.5) is 0 Å². The average Bonchev–Trinajstić information content (AvgIpc) is 2.21. The Labute approximate surface area is 88.5 Å². The van der Waals surface area contributed by atoms with E-state index in [9.17, 15) is 0 Å². The molecule has 0 atom stereocenters. The van der Waals surface area contributed by atoms with Crippen LogP contribution in [-0.4, -0.2) is 19.1 Å². The molecule has 0 amide bonds. The van der Waals surface area contributed by atoms with E-state index in [1.165, 1.54) is 38.5 Å². The van der Waals surface area contributed by atoms with E-state index in [1.54, 1.807) is 6.34 Å². The van der Waals surface area contributed by atoms with E-state index in [4.69, 9.17) is 0 Å². The van der Waals surface area contributed by atoms with E-state index < -0.39 is 0 Å². The fourth-order valence-electron chi connectivity index (χ4n) is 1.17. The normalized spacial score (nSPS) is 11.9. The zero-order valence-corrected chi connectivity index (χ0v) is 9.71. The molecule has 0 rings (SSSR count). The maximum absolute atomic E-state index is 4.20. The number of aliphatic imine (C=N–C) groups is 2. The Kier molecular flexibility index (Phi) is 11.8. The van der Waals surface area contributed by atoms with Crippen LogP contribution in [0.5, 0.6) is 0 Å². The van der Waals surface area contributed by atoms with Gasteiger partial charge in [-0.25, -0.2) is 4.99 Å². The molecule has 0 aliphatic heterocycles. The maximum atomic E-state index is 4.20. The minimum Gasteiger partial charge on any atom is -0.274 e. The number of hydrogen-bond acceptors (Lipinski definition) is 1. The fourth-order valence-corrected chi connectivity index (χ4v) is 1.17. The van der Waals surface area contributed by atoms with Crippen molar-refractivity contribution < 1.29 is 0 Å². The van der Waals surface area contributed by atoms with Crippen LogP contribution in [0.2, 0.25) is 0 Å². The van der Waals surface area contributed by atoms with Gasteiger partial charge in [0.1, 0.15) is 6.34 Å².